The number of carbonyl (C=O) groups is 1. The molecule has 4 rings (SSSR count). The number of aromatic amines is 1. The zero-order valence-corrected chi connectivity index (χ0v) is 14.2. The zero-order chi connectivity index (χ0) is 16.4. The fourth-order valence-corrected chi connectivity index (χ4v) is 3.92. The molecule has 8 heteroatoms. The Morgan fingerprint density at radius 2 is 2.17 bits per heavy atom. The van der Waals surface area contributed by atoms with Crippen LogP contribution >= 0.6 is 22.7 Å². The maximum absolute atomic E-state index is 12.1. The summed E-state index contributed by atoms with van der Waals surface area (Å²) < 4.78 is 0. The summed E-state index contributed by atoms with van der Waals surface area (Å²) in [5.74, 6) is 0.612. The summed E-state index contributed by atoms with van der Waals surface area (Å²) in [5.41, 5.74) is 2.30. The van der Waals surface area contributed by atoms with Gasteiger partial charge in [0.2, 0.25) is 5.91 Å². The number of hydrogen-bond acceptors (Lipinski definition) is 6. The molecule has 0 spiro atoms. The molecule has 120 valence electrons. The first-order chi connectivity index (χ1) is 11.8. The van der Waals surface area contributed by atoms with Crippen molar-refractivity contribution in [3.63, 3.8) is 0 Å². The molecule has 0 fully saturated rings. The van der Waals surface area contributed by atoms with Crippen LogP contribution in [0.3, 0.4) is 0 Å². The van der Waals surface area contributed by atoms with Gasteiger partial charge in [-0.25, -0.2) is 15.0 Å². The molecule has 0 bridgehead atoms. The smallest absolute Gasteiger partial charge is 0.226 e. The van der Waals surface area contributed by atoms with Crippen LogP contribution in [-0.2, 0) is 17.8 Å². The number of nitrogens with zero attached hydrogens (tertiary/aromatic N) is 3. The van der Waals surface area contributed by atoms with Crippen molar-refractivity contribution in [2.24, 2.45) is 0 Å². The van der Waals surface area contributed by atoms with Gasteiger partial charge < -0.3 is 10.3 Å². The number of thiophene rings is 1. The molecule has 4 aromatic rings. The third kappa shape index (κ3) is 3.19. The average molecular weight is 355 g/mol. The molecular formula is C16H13N5OS2. The van der Waals surface area contributed by atoms with Crippen molar-refractivity contribution in [3.8, 4) is 9.88 Å². The Hall–Kier alpha value is -2.58. The molecule has 6 nitrogen and oxygen atoms in total. The topological polar surface area (TPSA) is 83.6 Å². The summed E-state index contributed by atoms with van der Waals surface area (Å²) in [6, 6.07) is 7.78. The molecule has 0 radical (unpaired) electrons. The lowest BCUT2D eigenvalue weighted by Crippen LogP contribution is -2.25. The highest BCUT2D eigenvalue weighted by Gasteiger charge is 2.10. The molecule has 0 aliphatic rings. The van der Waals surface area contributed by atoms with E-state index in [0.717, 1.165) is 21.1 Å². The largest absolute Gasteiger partial charge is 0.349 e. The third-order valence-electron chi connectivity index (χ3n) is 3.38. The molecule has 4 aromatic heterocycles. The van der Waals surface area contributed by atoms with Crippen LogP contribution in [0.5, 0.6) is 0 Å². The van der Waals surface area contributed by atoms with E-state index in [0.29, 0.717) is 18.0 Å². The van der Waals surface area contributed by atoms with Crippen LogP contribution in [0.4, 0.5) is 0 Å². The van der Waals surface area contributed by atoms with Crippen molar-refractivity contribution in [1.82, 2.24) is 25.3 Å². The van der Waals surface area contributed by atoms with Crippen molar-refractivity contribution >= 4 is 39.7 Å². The fraction of sp³-hybridized carbons (Fsp3) is 0.125. The Morgan fingerprint density at radius 3 is 3.00 bits per heavy atom. The summed E-state index contributed by atoms with van der Waals surface area (Å²) in [5, 5.41) is 7.76. The lowest BCUT2D eigenvalue weighted by molar-refractivity contribution is -0.120. The Kier molecular flexibility index (Phi) is 4.06. The van der Waals surface area contributed by atoms with Gasteiger partial charge in [0.05, 0.1) is 29.1 Å². The van der Waals surface area contributed by atoms with Gasteiger partial charge >= 0.3 is 0 Å². The predicted octanol–water partition coefficient (Wildman–Crippen LogP) is 3.00. The van der Waals surface area contributed by atoms with E-state index in [9.17, 15) is 4.79 Å². The average Bonchev–Trinajstić information content (AvgIpc) is 3.32. The Bertz CT molecular complexity index is 940. The van der Waals surface area contributed by atoms with Gasteiger partial charge in [0.1, 0.15) is 10.8 Å². The predicted molar refractivity (Wildman–Crippen MR) is 94.9 cm³/mol. The number of carbonyl (C=O) groups excluding carboxylic acids is 1. The molecule has 0 unspecified atom stereocenters. The van der Waals surface area contributed by atoms with Crippen LogP contribution in [0.15, 0.2) is 41.2 Å². The molecule has 0 saturated carbocycles. The van der Waals surface area contributed by atoms with E-state index in [1.54, 1.807) is 28.9 Å². The molecular weight excluding hydrogens is 342 g/mol. The molecule has 1 amide bonds. The number of aromatic nitrogens is 4. The van der Waals surface area contributed by atoms with Crippen LogP contribution in [0.2, 0.25) is 0 Å². The van der Waals surface area contributed by atoms with Gasteiger partial charge in [0.15, 0.2) is 5.65 Å². The quantitative estimate of drug-likeness (QED) is 0.576. The number of thiazole rings is 1. The summed E-state index contributed by atoms with van der Waals surface area (Å²) in [6.07, 6.45) is 1.96. The molecule has 0 atom stereocenters. The van der Waals surface area contributed by atoms with E-state index in [4.69, 9.17) is 0 Å². The first-order valence-electron chi connectivity index (χ1n) is 7.32. The minimum Gasteiger partial charge on any atom is -0.349 e. The van der Waals surface area contributed by atoms with E-state index in [1.165, 1.54) is 0 Å². The van der Waals surface area contributed by atoms with Gasteiger partial charge in [-0.15, -0.1) is 22.7 Å². The highest BCUT2D eigenvalue weighted by atomic mass is 32.1. The summed E-state index contributed by atoms with van der Waals surface area (Å²) in [7, 11) is 0. The standard InChI is InChI=1S/C16H13N5OS2/c22-14(7-10-9-24-16(19-10)12-4-2-6-23-12)18-8-13-20-11-3-1-5-17-15(11)21-13/h1-6,9H,7-8H2,(H,18,22)(H,17,20,21). The molecule has 0 aromatic carbocycles. The van der Waals surface area contributed by atoms with Crippen LogP contribution in [0.1, 0.15) is 11.5 Å². The van der Waals surface area contributed by atoms with Crippen molar-refractivity contribution in [2.75, 3.05) is 0 Å². The van der Waals surface area contributed by atoms with E-state index in [1.807, 2.05) is 35.0 Å². The molecule has 4 heterocycles. The maximum atomic E-state index is 12.1. The number of rotatable bonds is 5. The van der Waals surface area contributed by atoms with Gasteiger partial charge in [-0.1, -0.05) is 6.07 Å². The highest BCUT2D eigenvalue weighted by Crippen LogP contribution is 2.27. The Labute approximate surface area is 145 Å². The summed E-state index contributed by atoms with van der Waals surface area (Å²) in [6.45, 7) is 0.344. The minimum absolute atomic E-state index is 0.0774. The lowest BCUT2D eigenvalue weighted by atomic mass is 10.3. The van der Waals surface area contributed by atoms with Gasteiger partial charge in [-0.3, -0.25) is 4.79 Å². The van der Waals surface area contributed by atoms with Gasteiger partial charge in [0, 0.05) is 11.6 Å². The first kappa shape index (κ1) is 15.0. The first-order valence-corrected chi connectivity index (χ1v) is 9.08. The van der Waals surface area contributed by atoms with Crippen LogP contribution in [-0.4, -0.2) is 25.8 Å². The van der Waals surface area contributed by atoms with Crippen molar-refractivity contribution in [2.45, 2.75) is 13.0 Å². The third-order valence-corrected chi connectivity index (χ3v) is 5.32. The number of hydrogen-bond donors (Lipinski definition) is 2. The summed E-state index contributed by atoms with van der Waals surface area (Å²) in [4.78, 5) is 29.4. The maximum Gasteiger partial charge on any atom is 0.226 e. The second-order valence-corrected chi connectivity index (χ2v) is 6.94. The van der Waals surface area contributed by atoms with Crippen LogP contribution in [0, 0.1) is 0 Å². The van der Waals surface area contributed by atoms with Crippen molar-refractivity contribution in [3.05, 3.63) is 52.7 Å². The molecule has 24 heavy (non-hydrogen) atoms. The van der Waals surface area contributed by atoms with Crippen molar-refractivity contribution in [1.29, 1.82) is 0 Å². The monoisotopic (exact) mass is 355 g/mol. The number of imidazole rings is 1. The Balaban J connectivity index is 1.36. The van der Waals surface area contributed by atoms with E-state index < -0.39 is 0 Å². The number of amides is 1. The van der Waals surface area contributed by atoms with Crippen molar-refractivity contribution < 1.29 is 4.79 Å². The molecule has 0 aliphatic carbocycles. The van der Waals surface area contributed by atoms with E-state index in [-0.39, 0.29) is 12.3 Å². The second kappa shape index (κ2) is 6.50. The van der Waals surface area contributed by atoms with Crippen LogP contribution in [0.25, 0.3) is 21.0 Å². The van der Waals surface area contributed by atoms with Gasteiger partial charge in [-0.05, 0) is 23.6 Å². The SMILES string of the molecule is O=C(Cc1csc(-c2cccs2)n1)NCc1nc2ncccc2[nH]1. The lowest BCUT2D eigenvalue weighted by Gasteiger charge is -2.01. The molecule has 0 saturated heterocycles. The highest BCUT2D eigenvalue weighted by molar-refractivity contribution is 7.20. The second-order valence-electron chi connectivity index (χ2n) is 5.13. The fourth-order valence-electron chi connectivity index (χ4n) is 2.29. The van der Waals surface area contributed by atoms with E-state index >= 15 is 0 Å². The number of fused-ring (bicyclic) bond motifs is 1. The zero-order valence-electron chi connectivity index (χ0n) is 12.5. The number of nitrogens with one attached hydrogen (secondary N) is 2. The number of pyridine rings is 1. The Morgan fingerprint density at radius 1 is 1.21 bits per heavy atom. The molecule has 2 N–H and O–H groups in total. The van der Waals surface area contributed by atoms with Gasteiger partial charge in [0.25, 0.3) is 0 Å². The minimum atomic E-state index is -0.0774. The molecule has 0 aliphatic heterocycles. The van der Waals surface area contributed by atoms with Gasteiger partial charge in [-0.2, -0.15) is 0 Å². The number of H-pyrrole nitrogens is 1. The normalized spacial score (nSPS) is 11.0. The summed E-state index contributed by atoms with van der Waals surface area (Å²) >= 11 is 3.21. The van der Waals surface area contributed by atoms with Crippen LogP contribution < -0.4 is 5.32 Å². The van der Waals surface area contributed by atoms with E-state index in [2.05, 4.69) is 25.3 Å².